The topological polar surface area (TPSA) is 49.4 Å². The predicted molar refractivity (Wildman–Crippen MR) is 79.9 cm³/mol. The number of nitrogens with one attached hydrogen (secondary N) is 1. The first-order valence-corrected chi connectivity index (χ1v) is 6.28. The number of carbonyl (C=O) groups excluding carboxylic acids is 2. The minimum Gasteiger partial charge on any atom is -0.322 e. The largest absolute Gasteiger partial charge is 0.322 e. The highest BCUT2D eigenvalue weighted by molar-refractivity contribution is 6.04. The van der Waals surface area contributed by atoms with Crippen LogP contribution in [0, 0.1) is 0 Å². The molecule has 20 heavy (non-hydrogen) atoms. The van der Waals surface area contributed by atoms with Crippen LogP contribution in [-0.4, -0.2) is 18.9 Å². The van der Waals surface area contributed by atoms with Crippen LogP contribution in [0.15, 0.2) is 54.6 Å². The van der Waals surface area contributed by atoms with E-state index in [4.69, 9.17) is 0 Å². The average molecular weight is 268 g/mol. The minimum atomic E-state index is -0.154. The first-order chi connectivity index (χ1) is 9.58. The third-order valence-corrected chi connectivity index (χ3v) is 3.02. The Hall–Kier alpha value is -2.62. The molecule has 0 bridgehead atoms. The van der Waals surface area contributed by atoms with Gasteiger partial charge in [-0.3, -0.25) is 9.59 Å². The summed E-state index contributed by atoms with van der Waals surface area (Å²) in [5.74, 6) is -0.190. The number of hydrogen-bond donors (Lipinski definition) is 1. The molecule has 0 heterocycles. The molecule has 0 radical (unpaired) electrons. The van der Waals surface area contributed by atoms with Gasteiger partial charge in [0.2, 0.25) is 5.91 Å². The fourth-order valence-electron chi connectivity index (χ4n) is 1.74. The van der Waals surface area contributed by atoms with E-state index >= 15 is 0 Å². The van der Waals surface area contributed by atoms with Crippen molar-refractivity contribution in [3.8, 4) is 0 Å². The summed E-state index contributed by atoms with van der Waals surface area (Å²) in [6.45, 7) is 1.51. The van der Waals surface area contributed by atoms with Crippen molar-refractivity contribution in [2.45, 2.75) is 6.92 Å². The summed E-state index contributed by atoms with van der Waals surface area (Å²) in [4.78, 5) is 24.8. The molecular weight excluding hydrogens is 252 g/mol. The highest BCUT2D eigenvalue weighted by Crippen LogP contribution is 2.17. The van der Waals surface area contributed by atoms with Crippen LogP contribution in [0.3, 0.4) is 0 Å². The van der Waals surface area contributed by atoms with Gasteiger partial charge in [-0.1, -0.05) is 18.2 Å². The number of rotatable bonds is 3. The molecule has 0 aromatic heterocycles. The number of benzene rings is 2. The first-order valence-electron chi connectivity index (χ1n) is 6.28. The molecule has 0 saturated heterocycles. The molecule has 0 saturated carbocycles. The Kier molecular flexibility index (Phi) is 4.15. The number of carbonyl (C=O) groups is 2. The van der Waals surface area contributed by atoms with E-state index in [0.717, 1.165) is 5.69 Å². The third kappa shape index (κ3) is 3.23. The van der Waals surface area contributed by atoms with E-state index < -0.39 is 0 Å². The number of nitrogens with zero attached hydrogens (tertiary/aromatic N) is 1. The van der Waals surface area contributed by atoms with Crippen LogP contribution in [0.25, 0.3) is 0 Å². The summed E-state index contributed by atoms with van der Waals surface area (Å²) in [5.41, 5.74) is 2.09. The average Bonchev–Trinajstić information content (AvgIpc) is 2.48. The molecule has 0 spiro atoms. The summed E-state index contributed by atoms with van der Waals surface area (Å²) in [7, 11) is 1.71. The zero-order valence-corrected chi connectivity index (χ0v) is 11.5. The van der Waals surface area contributed by atoms with Crippen LogP contribution in [0.5, 0.6) is 0 Å². The van der Waals surface area contributed by atoms with Gasteiger partial charge in [-0.05, 0) is 36.4 Å². The Morgan fingerprint density at radius 2 is 1.55 bits per heavy atom. The molecule has 1 N–H and O–H groups in total. The van der Waals surface area contributed by atoms with E-state index in [0.29, 0.717) is 11.3 Å². The second-order valence-corrected chi connectivity index (χ2v) is 4.45. The van der Waals surface area contributed by atoms with Gasteiger partial charge in [-0.15, -0.1) is 0 Å². The summed E-state index contributed by atoms with van der Waals surface area (Å²) < 4.78 is 0. The van der Waals surface area contributed by atoms with Crippen LogP contribution in [0.4, 0.5) is 11.4 Å². The molecule has 2 aromatic rings. The second-order valence-electron chi connectivity index (χ2n) is 4.45. The lowest BCUT2D eigenvalue weighted by molar-refractivity contribution is -0.116. The highest BCUT2D eigenvalue weighted by atomic mass is 16.2. The van der Waals surface area contributed by atoms with E-state index in [1.54, 1.807) is 48.3 Å². The van der Waals surface area contributed by atoms with Crippen LogP contribution in [0.2, 0.25) is 0 Å². The van der Waals surface area contributed by atoms with Gasteiger partial charge in [0, 0.05) is 30.9 Å². The maximum Gasteiger partial charge on any atom is 0.255 e. The molecule has 0 atom stereocenters. The number of anilines is 2. The van der Waals surface area contributed by atoms with Crippen molar-refractivity contribution in [1.29, 1.82) is 0 Å². The Bertz CT molecular complexity index is 606. The molecule has 4 heteroatoms. The highest BCUT2D eigenvalue weighted by Gasteiger charge is 2.07. The summed E-state index contributed by atoms with van der Waals surface area (Å²) in [6, 6.07) is 16.2. The van der Waals surface area contributed by atoms with Crippen LogP contribution >= 0.6 is 0 Å². The van der Waals surface area contributed by atoms with Gasteiger partial charge in [0.05, 0.1) is 0 Å². The number of hydrogen-bond acceptors (Lipinski definition) is 2. The molecule has 4 nitrogen and oxygen atoms in total. The fraction of sp³-hybridized carbons (Fsp3) is 0.125. The molecule has 0 aliphatic heterocycles. The smallest absolute Gasteiger partial charge is 0.255 e. The van der Waals surface area contributed by atoms with Gasteiger partial charge in [0.1, 0.15) is 0 Å². The van der Waals surface area contributed by atoms with Crippen molar-refractivity contribution in [2.75, 3.05) is 17.3 Å². The van der Waals surface area contributed by atoms with Crippen molar-refractivity contribution in [3.63, 3.8) is 0 Å². The fourth-order valence-corrected chi connectivity index (χ4v) is 1.74. The molecular formula is C16H16N2O2. The second kappa shape index (κ2) is 6.02. The van der Waals surface area contributed by atoms with Gasteiger partial charge in [0.15, 0.2) is 0 Å². The van der Waals surface area contributed by atoms with E-state index in [9.17, 15) is 9.59 Å². The first kappa shape index (κ1) is 13.8. The Balaban J connectivity index is 2.08. The molecule has 2 amide bonds. The van der Waals surface area contributed by atoms with Gasteiger partial charge in [0.25, 0.3) is 5.91 Å². The normalized spacial score (nSPS) is 9.90. The quantitative estimate of drug-likeness (QED) is 0.930. The van der Waals surface area contributed by atoms with E-state index in [1.807, 2.05) is 18.2 Å². The van der Waals surface area contributed by atoms with Gasteiger partial charge >= 0.3 is 0 Å². The zero-order chi connectivity index (χ0) is 14.5. The van der Waals surface area contributed by atoms with Crippen LogP contribution in [0.1, 0.15) is 17.3 Å². The maximum atomic E-state index is 12.0. The summed E-state index contributed by atoms with van der Waals surface area (Å²) in [6.07, 6.45) is 0. The standard InChI is InChI=1S/C16H16N2O2/c1-12(19)18(2)15-10-8-14(9-11-15)17-16(20)13-6-4-3-5-7-13/h3-11H,1-2H3,(H,17,20). The summed E-state index contributed by atoms with van der Waals surface area (Å²) >= 11 is 0. The van der Waals surface area contributed by atoms with E-state index in [2.05, 4.69) is 5.32 Å². The van der Waals surface area contributed by atoms with Crippen molar-refractivity contribution in [1.82, 2.24) is 0 Å². The molecule has 2 rings (SSSR count). The summed E-state index contributed by atoms with van der Waals surface area (Å²) in [5, 5.41) is 2.81. The SMILES string of the molecule is CC(=O)N(C)c1ccc(NC(=O)c2ccccc2)cc1. The van der Waals surface area contributed by atoms with E-state index in [1.165, 1.54) is 6.92 Å². The van der Waals surface area contributed by atoms with E-state index in [-0.39, 0.29) is 11.8 Å². The molecule has 0 unspecified atom stereocenters. The lowest BCUT2D eigenvalue weighted by Gasteiger charge is -2.15. The lowest BCUT2D eigenvalue weighted by atomic mass is 10.2. The molecule has 2 aromatic carbocycles. The zero-order valence-electron chi connectivity index (χ0n) is 11.5. The van der Waals surface area contributed by atoms with Crippen molar-refractivity contribution < 1.29 is 9.59 Å². The third-order valence-electron chi connectivity index (χ3n) is 3.02. The monoisotopic (exact) mass is 268 g/mol. The van der Waals surface area contributed by atoms with Gasteiger partial charge in [-0.2, -0.15) is 0 Å². The van der Waals surface area contributed by atoms with Crippen molar-refractivity contribution in [3.05, 3.63) is 60.2 Å². The minimum absolute atomic E-state index is 0.0360. The Morgan fingerprint density at radius 3 is 2.10 bits per heavy atom. The van der Waals surface area contributed by atoms with Crippen LogP contribution in [-0.2, 0) is 4.79 Å². The lowest BCUT2D eigenvalue weighted by Crippen LogP contribution is -2.22. The molecule has 0 aliphatic carbocycles. The van der Waals surface area contributed by atoms with Crippen molar-refractivity contribution in [2.24, 2.45) is 0 Å². The molecule has 0 aliphatic rings. The molecule has 0 fully saturated rings. The number of amides is 2. The van der Waals surface area contributed by atoms with Crippen molar-refractivity contribution >= 4 is 23.2 Å². The predicted octanol–water partition coefficient (Wildman–Crippen LogP) is 2.92. The maximum absolute atomic E-state index is 12.0. The van der Waals surface area contributed by atoms with Gasteiger partial charge in [-0.25, -0.2) is 0 Å². The van der Waals surface area contributed by atoms with Gasteiger partial charge < -0.3 is 10.2 Å². The molecule has 102 valence electrons. The van der Waals surface area contributed by atoms with Crippen LogP contribution < -0.4 is 10.2 Å². The Labute approximate surface area is 118 Å². The Morgan fingerprint density at radius 1 is 0.950 bits per heavy atom.